The summed E-state index contributed by atoms with van der Waals surface area (Å²) < 4.78 is 0. The number of aromatic nitrogens is 1. The predicted molar refractivity (Wildman–Crippen MR) is 122 cm³/mol. The van der Waals surface area contributed by atoms with Crippen LogP contribution in [0.1, 0.15) is 53.6 Å². The number of hydrogen-bond acceptors (Lipinski definition) is 6. The van der Waals surface area contributed by atoms with Crippen LogP contribution < -0.4 is 11.1 Å². The van der Waals surface area contributed by atoms with Crippen molar-refractivity contribution in [2.24, 2.45) is 5.41 Å². The summed E-state index contributed by atoms with van der Waals surface area (Å²) in [6, 6.07) is 9.05. The van der Waals surface area contributed by atoms with E-state index in [-0.39, 0.29) is 18.2 Å². The molecule has 6 rings (SSSR count). The lowest BCUT2D eigenvalue weighted by molar-refractivity contribution is -0.136. The van der Waals surface area contributed by atoms with Gasteiger partial charge in [0.2, 0.25) is 11.8 Å². The number of hydrogen-bond donors (Lipinski definition) is 2. The number of nitrogens with two attached hydrogens (primary N) is 1. The molecule has 1 aromatic heterocycles. The van der Waals surface area contributed by atoms with Crippen LogP contribution in [0.4, 0.5) is 5.82 Å². The zero-order chi connectivity index (χ0) is 22.7. The number of fused-ring (bicyclic) bond motifs is 1. The molecular formula is C25H27N5O3. The number of amides is 3. The van der Waals surface area contributed by atoms with Gasteiger partial charge in [0.05, 0.1) is 5.69 Å². The molecule has 8 nitrogen and oxygen atoms in total. The number of pyridine rings is 1. The van der Waals surface area contributed by atoms with Crippen molar-refractivity contribution < 1.29 is 14.4 Å². The van der Waals surface area contributed by atoms with Gasteiger partial charge in [-0.05, 0) is 48.4 Å². The van der Waals surface area contributed by atoms with Crippen molar-refractivity contribution in [2.75, 3.05) is 18.8 Å². The van der Waals surface area contributed by atoms with E-state index in [9.17, 15) is 14.4 Å². The normalized spacial score (nSPS) is 23.8. The number of benzene rings is 1. The molecule has 3 fully saturated rings. The highest BCUT2D eigenvalue weighted by atomic mass is 16.2. The van der Waals surface area contributed by atoms with Crippen molar-refractivity contribution in [1.29, 1.82) is 0 Å². The molecule has 1 spiro atoms. The fraction of sp³-hybridized carbons (Fsp3) is 0.440. The number of imide groups is 1. The highest BCUT2D eigenvalue weighted by molar-refractivity contribution is 6.05. The molecule has 3 amide bonds. The van der Waals surface area contributed by atoms with Gasteiger partial charge in [-0.2, -0.15) is 0 Å². The first kappa shape index (κ1) is 20.4. The lowest BCUT2D eigenvalue weighted by atomic mass is 9.63. The van der Waals surface area contributed by atoms with E-state index in [0.717, 1.165) is 42.0 Å². The zero-order valence-corrected chi connectivity index (χ0v) is 18.5. The Hall–Kier alpha value is -3.26. The summed E-state index contributed by atoms with van der Waals surface area (Å²) in [6.45, 7) is 3.51. The summed E-state index contributed by atoms with van der Waals surface area (Å²) in [5.74, 6) is -0.314. The van der Waals surface area contributed by atoms with Crippen LogP contribution >= 0.6 is 0 Å². The van der Waals surface area contributed by atoms with Crippen molar-refractivity contribution in [3.63, 3.8) is 0 Å². The summed E-state index contributed by atoms with van der Waals surface area (Å²) in [5.41, 5.74) is 11.1. The van der Waals surface area contributed by atoms with Gasteiger partial charge in [-0.1, -0.05) is 18.6 Å². The van der Waals surface area contributed by atoms with Crippen LogP contribution in [0.5, 0.6) is 0 Å². The molecule has 33 heavy (non-hydrogen) atoms. The van der Waals surface area contributed by atoms with E-state index in [2.05, 4.69) is 21.3 Å². The molecule has 170 valence electrons. The Morgan fingerprint density at radius 3 is 2.64 bits per heavy atom. The number of anilines is 1. The minimum atomic E-state index is -0.611. The van der Waals surface area contributed by atoms with Gasteiger partial charge in [-0.25, -0.2) is 4.98 Å². The molecule has 0 bridgehead atoms. The molecule has 8 heteroatoms. The van der Waals surface area contributed by atoms with Gasteiger partial charge < -0.3 is 10.6 Å². The molecule has 1 aliphatic carbocycles. The van der Waals surface area contributed by atoms with Gasteiger partial charge in [0.1, 0.15) is 11.9 Å². The maximum atomic E-state index is 12.9. The Labute approximate surface area is 192 Å². The number of piperidine rings is 1. The molecular weight excluding hydrogens is 418 g/mol. The average Bonchev–Trinajstić information content (AvgIpc) is 3.05. The Kier molecular flexibility index (Phi) is 4.55. The lowest BCUT2D eigenvalue weighted by Crippen LogP contribution is -2.58. The molecule has 2 aromatic rings. The number of nitrogens with zero attached hydrogens (tertiary/aromatic N) is 3. The van der Waals surface area contributed by atoms with Crippen LogP contribution in [0.25, 0.3) is 11.3 Å². The third kappa shape index (κ3) is 3.40. The Morgan fingerprint density at radius 1 is 1.12 bits per heavy atom. The summed E-state index contributed by atoms with van der Waals surface area (Å²) in [7, 11) is 0. The minimum absolute atomic E-state index is 0.173. The van der Waals surface area contributed by atoms with E-state index < -0.39 is 11.9 Å². The first-order valence-electron chi connectivity index (χ1n) is 11.7. The van der Waals surface area contributed by atoms with Crippen LogP contribution in [0.15, 0.2) is 30.3 Å². The summed E-state index contributed by atoms with van der Waals surface area (Å²) in [6.07, 6.45) is 4.69. The topological polar surface area (TPSA) is 109 Å². The maximum absolute atomic E-state index is 12.9. The maximum Gasteiger partial charge on any atom is 0.255 e. The molecule has 1 atom stereocenters. The van der Waals surface area contributed by atoms with Gasteiger partial charge in [0.25, 0.3) is 5.91 Å². The van der Waals surface area contributed by atoms with E-state index in [1.807, 2.05) is 18.2 Å². The molecule has 1 unspecified atom stereocenters. The van der Waals surface area contributed by atoms with E-state index in [1.54, 1.807) is 11.0 Å². The predicted octanol–water partition coefficient (Wildman–Crippen LogP) is 2.08. The molecule has 3 N–H and O–H groups in total. The molecule has 1 aromatic carbocycles. The van der Waals surface area contributed by atoms with E-state index >= 15 is 0 Å². The highest BCUT2D eigenvalue weighted by Gasteiger charge is 2.47. The van der Waals surface area contributed by atoms with Crippen molar-refractivity contribution in [1.82, 2.24) is 20.1 Å². The second-order valence-corrected chi connectivity index (χ2v) is 10.0. The fourth-order valence-electron chi connectivity index (χ4n) is 5.78. The lowest BCUT2D eigenvalue weighted by Gasteiger charge is -2.56. The molecule has 4 aliphatic rings. The number of carbonyl (C=O) groups is 3. The molecule has 2 saturated heterocycles. The van der Waals surface area contributed by atoms with Gasteiger partial charge in [0.15, 0.2) is 0 Å². The Morgan fingerprint density at radius 2 is 1.94 bits per heavy atom. The minimum Gasteiger partial charge on any atom is -0.383 e. The van der Waals surface area contributed by atoms with Gasteiger partial charge >= 0.3 is 0 Å². The first-order chi connectivity index (χ1) is 15.9. The number of nitrogen functional groups attached to an aromatic ring is 1. The Balaban J connectivity index is 1.18. The number of carbonyl (C=O) groups excluding carboxylic acids is 3. The number of rotatable bonds is 4. The van der Waals surface area contributed by atoms with Crippen LogP contribution in [-0.2, 0) is 22.7 Å². The molecule has 0 radical (unpaired) electrons. The van der Waals surface area contributed by atoms with E-state index in [0.29, 0.717) is 29.8 Å². The molecule has 3 aliphatic heterocycles. The first-order valence-corrected chi connectivity index (χ1v) is 11.7. The largest absolute Gasteiger partial charge is 0.383 e. The van der Waals surface area contributed by atoms with Crippen LogP contribution in [0.3, 0.4) is 0 Å². The molecule has 4 heterocycles. The smallest absolute Gasteiger partial charge is 0.255 e. The number of nitrogens with one attached hydrogen (secondary N) is 1. The summed E-state index contributed by atoms with van der Waals surface area (Å²) >= 11 is 0. The quantitative estimate of drug-likeness (QED) is 0.698. The second-order valence-electron chi connectivity index (χ2n) is 10.0. The van der Waals surface area contributed by atoms with Crippen LogP contribution in [-0.4, -0.2) is 51.6 Å². The van der Waals surface area contributed by atoms with Crippen molar-refractivity contribution in [3.05, 3.63) is 47.0 Å². The average molecular weight is 446 g/mol. The fourth-order valence-corrected chi connectivity index (χ4v) is 5.78. The van der Waals surface area contributed by atoms with Gasteiger partial charge in [-0.15, -0.1) is 0 Å². The van der Waals surface area contributed by atoms with Gasteiger partial charge in [0, 0.05) is 49.3 Å². The Bertz CT molecular complexity index is 1180. The number of likely N-dealkylation sites (tertiary alicyclic amines) is 1. The monoisotopic (exact) mass is 445 g/mol. The van der Waals surface area contributed by atoms with E-state index in [4.69, 9.17) is 5.73 Å². The third-order valence-corrected chi connectivity index (χ3v) is 7.76. The summed E-state index contributed by atoms with van der Waals surface area (Å²) in [4.78, 5) is 45.3. The van der Waals surface area contributed by atoms with Crippen LogP contribution in [0.2, 0.25) is 0 Å². The van der Waals surface area contributed by atoms with Crippen molar-refractivity contribution >= 4 is 23.5 Å². The molecule has 1 saturated carbocycles. The highest BCUT2D eigenvalue weighted by Crippen LogP contribution is 2.48. The van der Waals surface area contributed by atoms with Crippen LogP contribution in [0, 0.1) is 5.41 Å². The SMILES string of the molecule is Nc1nc(-c2ccc3c(c2)CN(C2CCC(=O)NC2=O)C3=O)ccc1CN1CC2(CCC2)C1. The standard InChI is InChI=1S/C25H27N5O3/c26-22-16(11-29-13-25(14-29)8-1-9-25)3-5-19(27-22)15-2-4-18-17(10-15)12-30(24(18)33)20-6-7-21(31)28-23(20)32/h2-5,10,20H,1,6-9,11-14H2,(H2,26,27)(H,28,31,32). The van der Waals surface area contributed by atoms with Gasteiger partial charge in [-0.3, -0.25) is 24.6 Å². The van der Waals surface area contributed by atoms with E-state index in [1.165, 1.54) is 19.3 Å². The third-order valence-electron chi connectivity index (χ3n) is 7.76. The van der Waals surface area contributed by atoms with Crippen molar-refractivity contribution in [3.8, 4) is 11.3 Å². The summed E-state index contributed by atoms with van der Waals surface area (Å²) in [5, 5.41) is 2.34. The second kappa shape index (κ2) is 7.38. The van der Waals surface area contributed by atoms with Crippen molar-refractivity contribution in [2.45, 2.75) is 51.2 Å². The zero-order valence-electron chi connectivity index (χ0n) is 18.5.